The summed E-state index contributed by atoms with van der Waals surface area (Å²) in [5, 5.41) is 0. The molecule has 0 N–H and O–H groups in total. The number of benzene rings is 1. The molecule has 0 aliphatic heterocycles. The van der Waals surface area contributed by atoms with Crippen molar-refractivity contribution in [3.63, 3.8) is 0 Å². The molecule has 5 heteroatoms. The summed E-state index contributed by atoms with van der Waals surface area (Å²) in [6.45, 7) is 4.90. The first-order chi connectivity index (χ1) is 9.19. The SMILES string of the molecule is CCn1c(=O)cc2n(CC)c3ccccc3n2c1=O. The Morgan fingerprint density at radius 2 is 1.58 bits per heavy atom. The number of aromatic nitrogens is 3. The number of hydrogen-bond acceptors (Lipinski definition) is 2. The van der Waals surface area contributed by atoms with E-state index in [1.807, 2.05) is 35.8 Å². The summed E-state index contributed by atoms with van der Waals surface area (Å²) < 4.78 is 4.85. The molecule has 0 saturated heterocycles. The predicted molar refractivity (Wildman–Crippen MR) is 74.8 cm³/mol. The molecule has 5 nitrogen and oxygen atoms in total. The number of aryl methyl sites for hydroxylation is 1. The lowest BCUT2D eigenvalue weighted by atomic mass is 10.3. The van der Waals surface area contributed by atoms with Gasteiger partial charge >= 0.3 is 5.69 Å². The molecular formula is C14H15N3O2. The summed E-state index contributed by atoms with van der Waals surface area (Å²) in [4.78, 5) is 24.4. The number of rotatable bonds is 2. The molecular weight excluding hydrogens is 242 g/mol. The molecule has 0 fully saturated rings. The summed E-state index contributed by atoms with van der Waals surface area (Å²) in [7, 11) is 0. The first kappa shape index (κ1) is 11.8. The van der Waals surface area contributed by atoms with Gasteiger partial charge in [-0.05, 0) is 26.0 Å². The third kappa shape index (κ3) is 1.47. The van der Waals surface area contributed by atoms with Crippen molar-refractivity contribution < 1.29 is 0 Å². The average Bonchev–Trinajstić information content (AvgIpc) is 2.72. The fraction of sp³-hybridized carbons (Fsp3) is 0.286. The Balaban J connectivity index is 2.68. The molecule has 0 saturated carbocycles. The minimum atomic E-state index is -0.270. The number of imidazole rings is 1. The quantitative estimate of drug-likeness (QED) is 0.697. The predicted octanol–water partition coefficient (Wildman–Crippen LogP) is 1.46. The van der Waals surface area contributed by atoms with Gasteiger partial charge < -0.3 is 4.57 Å². The van der Waals surface area contributed by atoms with Crippen LogP contribution in [0.25, 0.3) is 16.7 Å². The van der Waals surface area contributed by atoms with E-state index < -0.39 is 0 Å². The molecule has 2 aromatic heterocycles. The van der Waals surface area contributed by atoms with Gasteiger partial charge in [0.2, 0.25) is 0 Å². The lowest BCUT2D eigenvalue weighted by Gasteiger charge is -2.03. The molecule has 0 aliphatic carbocycles. The maximum Gasteiger partial charge on any atom is 0.337 e. The highest BCUT2D eigenvalue weighted by Crippen LogP contribution is 2.17. The average molecular weight is 257 g/mol. The van der Waals surface area contributed by atoms with Crippen molar-refractivity contribution >= 4 is 16.7 Å². The summed E-state index contributed by atoms with van der Waals surface area (Å²) >= 11 is 0. The Morgan fingerprint density at radius 3 is 2.21 bits per heavy atom. The smallest absolute Gasteiger partial charge is 0.326 e. The zero-order valence-electron chi connectivity index (χ0n) is 11.0. The highest BCUT2D eigenvalue weighted by molar-refractivity contribution is 5.81. The van der Waals surface area contributed by atoms with Crippen molar-refractivity contribution in [1.29, 1.82) is 0 Å². The van der Waals surface area contributed by atoms with E-state index in [1.54, 1.807) is 11.3 Å². The molecule has 1 aromatic carbocycles. The van der Waals surface area contributed by atoms with Gasteiger partial charge in [0.25, 0.3) is 5.56 Å². The number of hydrogen-bond donors (Lipinski definition) is 0. The molecule has 0 atom stereocenters. The van der Waals surface area contributed by atoms with Crippen LogP contribution in [0.15, 0.2) is 39.9 Å². The minimum absolute atomic E-state index is 0.245. The standard InChI is InChI=1S/C14H15N3O2/c1-3-15-10-7-5-6-8-11(10)17-12(15)9-13(18)16(4-2)14(17)19/h5-9H,3-4H2,1-2H3. The third-order valence-corrected chi connectivity index (χ3v) is 3.49. The number of nitrogens with zero attached hydrogens (tertiary/aromatic N) is 3. The van der Waals surface area contributed by atoms with Crippen molar-refractivity contribution in [3.8, 4) is 0 Å². The van der Waals surface area contributed by atoms with Gasteiger partial charge in [0, 0.05) is 19.2 Å². The first-order valence-corrected chi connectivity index (χ1v) is 6.42. The van der Waals surface area contributed by atoms with E-state index in [0.717, 1.165) is 11.0 Å². The van der Waals surface area contributed by atoms with E-state index in [9.17, 15) is 9.59 Å². The third-order valence-electron chi connectivity index (χ3n) is 3.49. The second-order valence-electron chi connectivity index (χ2n) is 4.44. The summed E-state index contributed by atoms with van der Waals surface area (Å²) in [6, 6.07) is 9.24. The molecule has 19 heavy (non-hydrogen) atoms. The molecule has 98 valence electrons. The second-order valence-corrected chi connectivity index (χ2v) is 4.44. The molecule has 3 rings (SSSR count). The van der Waals surface area contributed by atoms with E-state index in [2.05, 4.69) is 0 Å². The molecule has 0 amide bonds. The van der Waals surface area contributed by atoms with Crippen LogP contribution in [0.4, 0.5) is 0 Å². The van der Waals surface area contributed by atoms with Gasteiger partial charge in [-0.2, -0.15) is 0 Å². The Hall–Kier alpha value is -2.30. The Kier molecular flexibility index (Phi) is 2.55. The lowest BCUT2D eigenvalue weighted by molar-refractivity contribution is 0.662. The zero-order valence-corrected chi connectivity index (χ0v) is 11.0. The van der Waals surface area contributed by atoms with E-state index in [-0.39, 0.29) is 11.2 Å². The Bertz CT molecular complexity index is 883. The van der Waals surface area contributed by atoms with E-state index in [4.69, 9.17) is 0 Å². The van der Waals surface area contributed by atoms with Crippen molar-refractivity contribution in [2.75, 3.05) is 0 Å². The normalized spacial score (nSPS) is 11.5. The van der Waals surface area contributed by atoms with Crippen molar-refractivity contribution in [2.24, 2.45) is 0 Å². The van der Waals surface area contributed by atoms with E-state index in [1.165, 1.54) is 10.6 Å². The van der Waals surface area contributed by atoms with Gasteiger partial charge in [-0.1, -0.05) is 12.1 Å². The molecule has 0 aliphatic rings. The van der Waals surface area contributed by atoms with Crippen LogP contribution in [-0.4, -0.2) is 13.5 Å². The molecule has 0 unspecified atom stereocenters. The van der Waals surface area contributed by atoms with Gasteiger partial charge in [0.15, 0.2) is 0 Å². The summed E-state index contributed by atoms with van der Waals surface area (Å²) in [5.41, 5.74) is 1.95. The van der Waals surface area contributed by atoms with Crippen LogP contribution >= 0.6 is 0 Å². The van der Waals surface area contributed by atoms with E-state index in [0.29, 0.717) is 18.7 Å². The largest absolute Gasteiger partial charge is 0.337 e. The van der Waals surface area contributed by atoms with Gasteiger partial charge in [-0.3, -0.25) is 9.36 Å². The molecule has 3 aromatic rings. The Morgan fingerprint density at radius 1 is 0.947 bits per heavy atom. The van der Waals surface area contributed by atoms with Crippen molar-refractivity contribution in [3.05, 3.63) is 51.2 Å². The fourth-order valence-corrected chi connectivity index (χ4v) is 2.62. The van der Waals surface area contributed by atoms with Crippen LogP contribution in [0.1, 0.15) is 13.8 Å². The van der Waals surface area contributed by atoms with Crippen LogP contribution in [0.5, 0.6) is 0 Å². The van der Waals surface area contributed by atoms with Crippen LogP contribution in [0.2, 0.25) is 0 Å². The summed E-state index contributed by atoms with van der Waals surface area (Å²) in [5.74, 6) is 0. The van der Waals surface area contributed by atoms with Gasteiger partial charge in [0.05, 0.1) is 11.0 Å². The lowest BCUT2D eigenvalue weighted by Crippen LogP contribution is -2.36. The first-order valence-electron chi connectivity index (χ1n) is 6.42. The fourth-order valence-electron chi connectivity index (χ4n) is 2.62. The Labute approximate surface area is 109 Å². The summed E-state index contributed by atoms with van der Waals surface area (Å²) in [6.07, 6.45) is 0. The van der Waals surface area contributed by atoms with Crippen LogP contribution in [0.3, 0.4) is 0 Å². The van der Waals surface area contributed by atoms with Crippen LogP contribution < -0.4 is 11.2 Å². The maximum atomic E-state index is 12.4. The second kappa shape index (κ2) is 4.12. The number of para-hydroxylation sites is 2. The highest BCUT2D eigenvalue weighted by atomic mass is 16.2. The van der Waals surface area contributed by atoms with Gasteiger partial charge in [0.1, 0.15) is 5.65 Å². The zero-order chi connectivity index (χ0) is 13.6. The van der Waals surface area contributed by atoms with Crippen molar-refractivity contribution in [1.82, 2.24) is 13.5 Å². The molecule has 2 heterocycles. The topological polar surface area (TPSA) is 48.4 Å². The van der Waals surface area contributed by atoms with Gasteiger partial charge in [-0.15, -0.1) is 0 Å². The van der Waals surface area contributed by atoms with E-state index >= 15 is 0 Å². The maximum absolute atomic E-state index is 12.4. The molecule has 0 bridgehead atoms. The minimum Gasteiger partial charge on any atom is -0.326 e. The van der Waals surface area contributed by atoms with Crippen molar-refractivity contribution in [2.45, 2.75) is 26.9 Å². The molecule has 0 radical (unpaired) electrons. The monoisotopic (exact) mass is 257 g/mol. The van der Waals surface area contributed by atoms with Crippen LogP contribution in [0, 0.1) is 0 Å². The number of fused-ring (bicyclic) bond motifs is 3. The molecule has 0 spiro atoms. The highest BCUT2D eigenvalue weighted by Gasteiger charge is 2.13. The van der Waals surface area contributed by atoms with Crippen LogP contribution in [-0.2, 0) is 13.1 Å². The van der Waals surface area contributed by atoms with Gasteiger partial charge in [-0.25, -0.2) is 9.20 Å².